The number of nitrogens with one attached hydrogen (secondary N) is 1. The van der Waals surface area contributed by atoms with Crippen LogP contribution in [-0.4, -0.2) is 25.6 Å². The quantitative estimate of drug-likeness (QED) is 0.787. The molecule has 1 aromatic carbocycles. The molecule has 9 heteroatoms. The maximum absolute atomic E-state index is 11.9. The monoisotopic (exact) mass is 335 g/mol. The molecular weight excluding hydrogens is 326 g/mol. The van der Waals surface area contributed by atoms with Gasteiger partial charge in [-0.2, -0.15) is 4.98 Å². The van der Waals surface area contributed by atoms with E-state index in [1.165, 1.54) is 0 Å². The molecule has 0 aliphatic carbocycles. The van der Waals surface area contributed by atoms with Gasteiger partial charge < -0.3 is 9.84 Å². The van der Waals surface area contributed by atoms with Crippen LogP contribution in [0.15, 0.2) is 34.2 Å². The maximum atomic E-state index is 11.9. The van der Waals surface area contributed by atoms with Crippen LogP contribution in [0.25, 0.3) is 11.5 Å². The first-order valence-electron chi connectivity index (χ1n) is 6.31. The number of hydrogen-bond acceptors (Lipinski definition) is 7. The first-order chi connectivity index (χ1) is 10.6. The van der Waals surface area contributed by atoms with Gasteiger partial charge in [-0.3, -0.25) is 4.79 Å². The third-order valence-corrected chi connectivity index (χ3v) is 3.62. The number of benzene rings is 1. The van der Waals surface area contributed by atoms with Crippen molar-refractivity contribution in [2.75, 3.05) is 0 Å². The number of halogens is 1. The highest BCUT2D eigenvalue weighted by molar-refractivity contribution is 7.03. The van der Waals surface area contributed by atoms with Gasteiger partial charge in [-0.25, -0.2) is 0 Å². The van der Waals surface area contributed by atoms with Crippen molar-refractivity contribution in [3.63, 3.8) is 0 Å². The summed E-state index contributed by atoms with van der Waals surface area (Å²) in [5, 5.41) is 12.5. The second-order valence-corrected chi connectivity index (χ2v) is 5.50. The molecule has 2 aromatic heterocycles. The van der Waals surface area contributed by atoms with E-state index in [1.54, 1.807) is 36.6 Å². The van der Waals surface area contributed by atoms with Gasteiger partial charge >= 0.3 is 0 Å². The minimum atomic E-state index is -0.418. The van der Waals surface area contributed by atoms with Gasteiger partial charge in [0, 0.05) is 16.0 Å². The average molecular weight is 336 g/mol. The van der Waals surface area contributed by atoms with Gasteiger partial charge in [0.25, 0.3) is 11.8 Å². The molecule has 2 heterocycles. The van der Waals surface area contributed by atoms with Gasteiger partial charge in [0.05, 0.1) is 6.04 Å². The molecule has 3 rings (SSSR count). The lowest BCUT2D eigenvalue weighted by atomic mass is 10.2. The third kappa shape index (κ3) is 3.12. The molecule has 112 valence electrons. The van der Waals surface area contributed by atoms with Crippen molar-refractivity contribution in [2.45, 2.75) is 13.0 Å². The van der Waals surface area contributed by atoms with Crippen LogP contribution in [0.4, 0.5) is 0 Å². The lowest BCUT2D eigenvalue weighted by Gasteiger charge is -2.07. The smallest absolute Gasteiger partial charge is 0.273 e. The third-order valence-electron chi connectivity index (χ3n) is 2.86. The standard InChI is InChI=1S/C13H10ClN5O2S/c1-7(15-12(20)10-6-22-19-17-10)11-16-13(21-18-11)8-2-4-9(14)5-3-8/h2-7H,1H3,(H,15,20)/t7-/m1/s1. The van der Waals surface area contributed by atoms with Crippen molar-refractivity contribution < 1.29 is 9.32 Å². The molecule has 1 amide bonds. The van der Waals surface area contributed by atoms with Gasteiger partial charge in [0.15, 0.2) is 11.5 Å². The molecule has 0 aliphatic rings. The fourth-order valence-electron chi connectivity index (χ4n) is 1.72. The van der Waals surface area contributed by atoms with Crippen molar-refractivity contribution in [1.29, 1.82) is 0 Å². The van der Waals surface area contributed by atoms with Crippen LogP contribution in [0.3, 0.4) is 0 Å². The van der Waals surface area contributed by atoms with Crippen LogP contribution < -0.4 is 5.32 Å². The van der Waals surface area contributed by atoms with Gasteiger partial charge in [-0.15, -0.1) is 5.10 Å². The molecule has 0 saturated carbocycles. The van der Waals surface area contributed by atoms with Crippen LogP contribution >= 0.6 is 23.1 Å². The van der Waals surface area contributed by atoms with Crippen LogP contribution in [0.2, 0.25) is 5.02 Å². The molecule has 1 atom stereocenters. The van der Waals surface area contributed by atoms with Crippen molar-refractivity contribution in [1.82, 2.24) is 25.0 Å². The molecule has 0 saturated heterocycles. The highest BCUT2D eigenvalue weighted by Gasteiger charge is 2.18. The Hall–Kier alpha value is -2.32. The summed E-state index contributed by atoms with van der Waals surface area (Å²) in [5.41, 5.74) is 1.02. The number of carbonyl (C=O) groups excluding carboxylic acids is 1. The van der Waals surface area contributed by atoms with Gasteiger partial charge in [0.2, 0.25) is 0 Å². The molecule has 0 fully saturated rings. The van der Waals surface area contributed by atoms with E-state index >= 15 is 0 Å². The second kappa shape index (κ2) is 6.20. The largest absolute Gasteiger partial charge is 0.341 e. The molecule has 1 N–H and O–H groups in total. The fraction of sp³-hybridized carbons (Fsp3) is 0.154. The van der Waals surface area contributed by atoms with Crippen molar-refractivity contribution in [2.24, 2.45) is 0 Å². The SMILES string of the molecule is C[C@@H](NC(=O)c1csnn1)c1noc(-c2ccc(Cl)cc2)n1. The van der Waals surface area contributed by atoms with Crippen LogP contribution in [-0.2, 0) is 0 Å². The zero-order chi connectivity index (χ0) is 15.5. The minimum Gasteiger partial charge on any atom is -0.341 e. The number of nitrogens with zero attached hydrogens (tertiary/aromatic N) is 4. The van der Waals surface area contributed by atoms with Crippen LogP contribution in [0.5, 0.6) is 0 Å². The molecule has 0 spiro atoms. The Morgan fingerprint density at radius 3 is 2.82 bits per heavy atom. The highest BCUT2D eigenvalue weighted by atomic mass is 35.5. The topological polar surface area (TPSA) is 93.8 Å². The predicted molar refractivity (Wildman–Crippen MR) is 80.5 cm³/mol. The molecule has 7 nitrogen and oxygen atoms in total. The zero-order valence-electron chi connectivity index (χ0n) is 11.4. The van der Waals surface area contributed by atoms with E-state index in [-0.39, 0.29) is 11.6 Å². The Morgan fingerprint density at radius 1 is 1.36 bits per heavy atom. The molecule has 3 aromatic rings. The Morgan fingerprint density at radius 2 is 2.14 bits per heavy atom. The second-order valence-electron chi connectivity index (χ2n) is 4.45. The average Bonchev–Trinajstić information content (AvgIpc) is 3.20. The van der Waals surface area contributed by atoms with E-state index in [1.807, 2.05) is 0 Å². The molecule has 0 bridgehead atoms. The van der Waals surface area contributed by atoms with E-state index in [0.717, 1.165) is 17.1 Å². The van der Waals surface area contributed by atoms with Gasteiger partial charge in [-0.1, -0.05) is 21.2 Å². The maximum Gasteiger partial charge on any atom is 0.273 e. The molecule has 0 radical (unpaired) electrons. The van der Waals surface area contributed by atoms with Crippen molar-refractivity contribution >= 4 is 29.0 Å². The Kier molecular flexibility index (Phi) is 4.12. The summed E-state index contributed by atoms with van der Waals surface area (Å²) >= 11 is 6.95. The minimum absolute atomic E-state index is 0.262. The summed E-state index contributed by atoms with van der Waals surface area (Å²) in [5.74, 6) is 0.406. The first kappa shape index (κ1) is 14.6. The summed E-state index contributed by atoms with van der Waals surface area (Å²) < 4.78 is 8.85. The van der Waals surface area contributed by atoms with Gasteiger partial charge in [-0.05, 0) is 42.7 Å². The lowest BCUT2D eigenvalue weighted by Crippen LogP contribution is -2.27. The van der Waals surface area contributed by atoms with Crippen molar-refractivity contribution in [3.8, 4) is 11.5 Å². The molecular formula is C13H10ClN5O2S. The number of rotatable bonds is 4. The normalized spacial score (nSPS) is 12.1. The molecule has 0 unspecified atom stereocenters. The number of amides is 1. The Labute approximate surface area is 134 Å². The number of carbonyl (C=O) groups is 1. The van der Waals surface area contributed by atoms with Crippen LogP contribution in [0, 0.1) is 0 Å². The summed E-state index contributed by atoms with van der Waals surface area (Å²) in [4.78, 5) is 16.2. The summed E-state index contributed by atoms with van der Waals surface area (Å²) in [6.07, 6.45) is 0. The first-order valence-corrected chi connectivity index (χ1v) is 7.52. The van der Waals surface area contributed by atoms with E-state index in [9.17, 15) is 4.79 Å². The Balaban J connectivity index is 1.73. The fourth-order valence-corrected chi connectivity index (χ4v) is 2.28. The predicted octanol–water partition coefficient (Wildman–Crippen LogP) is 2.73. The summed E-state index contributed by atoms with van der Waals surface area (Å²) in [6, 6.07) is 6.62. The molecule has 22 heavy (non-hydrogen) atoms. The lowest BCUT2D eigenvalue weighted by molar-refractivity contribution is 0.0933. The van der Waals surface area contributed by atoms with E-state index < -0.39 is 6.04 Å². The zero-order valence-corrected chi connectivity index (χ0v) is 12.9. The number of aromatic nitrogens is 4. The number of hydrogen-bond donors (Lipinski definition) is 1. The van der Waals surface area contributed by atoms with Gasteiger partial charge in [0.1, 0.15) is 0 Å². The van der Waals surface area contributed by atoms with E-state index in [0.29, 0.717) is 16.7 Å². The van der Waals surface area contributed by atoms with Crippen molar-refractivity contribution in [3.05, 3.63) is 46.2 Å². The summed E-state index contributed by atoms with van der Waals surface area (Å²) in [7, 11) is 0. The highest BCUT2D eigenvalue weighted by Crippen LogP contribution is 2.21. The van der Waals surface area contributed by atoms with E-state index in [4.69, 9.17) is 16.1 Å². The summed E-state index contributed by atoms with van der Waals surface area (Å²) in [6.45, 7) is 1.76. The van der Waals surface area contributed by atoms with Crippen LogP contribution in [0.1, 0.15) is 29.3 Å². The van der Waals surface area contributed by atoms with E-state index in [2.05, 4.69) is 25.0 Å². The molecule has 0 aliphatic heterocycles. The Bertz CT molecular complexity index is 772.